The first-order chi connectivity index (χ1) is 8.59. The minimum Gasteiger partial charge on any atom is -0.508 e. The zero-order valence-corrected chi connectivity index (χ0v) is 11.3. The lowest BCUT2D eigenvalue weighted by Crippen LogP contribution is -2.36. The molecule has 18 heavy (non-hydrogen) atoms. The van der Waals surface area contributed by atoms with Crippen LogP contribution in [0.1, 0.15) is 30.9 Å². The summed E-state index contributed by atoms with van der Waals surface area (Å²) >= 11 is 0. The van der Waals surface area contributed by atoms with Crippen molar-refractivity contribution in [2.24, 2.45) is 5.41 Å². The molecular formula is C15H23NO2. The molecule has 0 radical (unpaired) electrons. The Balaban J connectivity index is 1.86. The maximum absolute atomic E-state index is 9.78. The maximum atomic E-state index is 9.78. The molecule has 0 unspecified atom stereocenters. The van der Waals surface area contributed by atoms with Crippen molar-refractivity contribution >= 4 is 0 Å². The summed E-state index contributed by atoms with van der Waals surface area (Å²) in [7, 11) is 0. The second kappa shape index (κ2) is 5.72. The van der Waals surface area contributed by atoms with Crippen molar-refractivity contribution in [2.75, 3.05) is 19.8 Å². The number of nitrogens with one attached hydrogen (secondary N) is 1. The first kappa shape index (κ1) is 13.4. The Morgan fingerprint density at radius 2 is 2.06 bits per heavy atom. The van der Waals surface area contributed by atoms with Gasteiger partial charge >= 0.3 is 0 Å². The molecule has 1 fully saturated rings. The molecule has 0 aromatic heterocycles. The van der Waals surface area contributed by atoms with Gasteiger partial charge in [0.2, 0.25) is 0 Å². The number of ether oxygens (including phenoxy) is 1. The highest BCUT2D eigenvalue weighted by Crippen LogP contribution is 2.29. The number of hydrogen-bond donors (Lipinski definition) is 2. The van der Waals surface area contributed by atoms with Gasteiger partial charge in [0.15, 0.2) is 0 Å². The number of phenolic OH excluding ortho intramolecular Hbond substituents is 1. The van der Waals surface area contributed by atoms with Gasteiger partial charge in [-0.25, -0.2) is 0 Å². The predicted octanol–water partition coefficient (Wildman–Crippen LogP) is 2.61. The minimum atomic E-state index is 0.331. The van der Waals surface area contributed by atoms with Crippen molar-refractivity contribution in [3.8, 4) is 5.75 Å². The van der Waals surface area contributed by atoms with Gasteiger partial charge in [-0.3, -0.25) is 0 Å². The van der Waals surface area contributed by atoms with Crippen LogP contribution in [-0.2, 0) is 11.3 Å². The molecule has 1 aliphatic rings. The fraction of sp³-hybridized carbons (Fsp3) is 0.600. The van der Waals surface area contributed by atoms with Crippen LogP contribution in [0.2, 0.25) is 0 Å². The van der Waals surface area contributed by atoms with Crippen LogP contribution in [0.5, 0.6) is 5.75 Å². The van der Waals surface area contributed by atoms with E-state index in [1.54, 1.807) is 6.07 Å². The van der Waals surface area contributed by atoms with E-state index in [4.69, 9.17) is 4.74 Å². The van der Waals surface area contributed by atoms with Gasteiger partial charge in [-0.2, -0.15) is 0 Å². The number of phenols is 1. The van der Waals surface area contributed by atoms with Gasteiger partial charge < -0.3 is 15.2 Å². The zero-order chi connectivity index (χ0) is 13.0. The van der Waals surface area contributed by atoms with Crippen LogP contribution < -0.4 is 5.32 Å². The molecule has 2 rings (SSSR count). The SMILES string of the molecule is Cc1ccc(O)c(CNCC2(C)CCOCC2)c1. The van der Waals surface area contributed by atoms with Gasteiger partial charge in [-0.05, 0) is 31.2 Å². The van der Waals surface area contributed by atoms with E-state index in [9.17, 15) is 5.11 Å². The number of aryl methyl sites for hydroxylation is 1. The van der Waals surface area contributed by atoms with Gasteiger partial charge in [0.25, 0.3) is 0 Å². The summed E-state index contributed by atoms with van der Waals surface area (Å²) in [6.07, 6.45) is 2.22. The van der Waals surface area contributed by atoms with Crippen molar-refractivity contribution in [1.82, 2.24) is 5.32 Å². The molecule has 0 aliphatic carbocycles. The van der Waals surface area contributed by atoms with Crippen molar-refractivity contribution in [1.29, 1.82) is 0 Å². The van der Waals surface area contributed by atoms with E-state index in [2.05, 4.69) is 12.2 Å². The zero-order valence-electron chi connectivity index (χ0n) is 11.3. The lowest BCUT2D eigenvalue weighted by Gasteiger charge is -2.33. The van der Waals surface area contributed by atoms with Crippen molar-refractivity contribution in [3.05, 3.63) is 29.3 Å². The average Bonchev–Trinajstić information content (AvgIpc) is 2.34. The number of hydrogen-bond acceptors (Lipinski definition) is 3. The summed E-state index contributed by atoms with van der Waals surface area (Å²) in [6.45, 7) is 7.79. The number of aromatic hydroxyl groups is 1. The highest BCUT2D eigenvalue weighted by atomic mass is 16.5. The van der Waals surface area contributed by atoms with Crippen molar-refractivity contribution < 1.29 is 9.84 Å². The van der Waals surface area contributed by atoms with Crippen LogP contribution in [-0.4, -0.2) is 24.9 Å². The van der Waals surface area contributed by atoms with Crippen LogP contribution in [0.3, 0.4) is 0 Å². The molecule has 0 amide bonds. The first-order valence-corrected chi connectivity index (χ1v) is 6.66. The smallest absolute Gasteiger partial charge is 0.120 e. The third-order valence-electron chi connectivity index (χ3n) is 3.80. The standard InChI is InChI=1S/C15H23NO2/c1-12-3-4-14(17)13(9-12)10-16-11-15(2)5-7-18-8-6-15/h3-4,9,16-17H,5-8,10-11H2,1-2H3. The summed E-state index contributed by atoms with van der Waals surface area (Å²) in [5.41, 5.74) is 2.49. The molecule has 1 heterocycles. The van der Waals surface area contributed by atoms with E-state index in [0.29, 0.717) is 11.2 Å². The normalized spacial score (nSPS) is 18.8. The van der Waals surface area contributed by atoms with E-state index < -0.39 is 0 Å². The lowest BCUT2D eigenvalue weighted by molar-refractivity contribution is 0.0240. The molecule has 1 aliphatic heterocycles. The van der Waals surface area contributed by atoms with Crippen LogP contribution >= 0.6 is 0 Å². The number of rotatable bonds is 4. The quantitative estimate of drug-likeness (QED) is 0.862. The molecule has 0 bridgehead atoms. The van der Waals surface area contributed by atoms with E-state index in [1.807, 2.05) is 19.1 Å². The largest absolute Gasteiger partial charge is 0.508 e. The van der Waals surface area contributed by atoms with E-state index >= 15 is 0 Å². The molecule has 2 N–H and O–H groups in total. The van der Waals surface area contributed by atoms with Gasteiger partial charge in [0.1, 0.15) is 5.75 Å². The first-order valence-electron chi connectivity index (χ1n) is 6.66. The summed E-state index contributed by atoms with van der Waals surface area (Å²) < 4.78 is 5.40. The monoisotopic (exact) mass is 249 g/mol. The second-order valence-electron chi connectivity index (χ2n) is 5.66. The lowest BCUT2D eigenvalue weighted by atomic mass is 9.82. The molecule has 1 aromatic carbocycles. The fourth-order valence-electron chi connectivity index (χ4n) is 2.40. The molecular weight excluding hydrogens is 226 g/mol. The Morgan fingerprint density at radius 3 is 2.78 bits per heavy atom. The summed E-state index contributed by atoms with van der Waals surface area (Å²) in [5.74, 6) is 0.380. The maximum Gasteiger partial charge on any atom is 0.120 e. The van der Waals surface area contributed by atoms with E-state index in [1.165, 1.54) is 5.56 Å². The molecule has 0 spiro atoms. The van der Waals surface area contributed by atoms with E-state index in [-0.39, 0.29) is 0 Å². The summed E-state index contributed by atoms with van der Waals surface area (Å²) in [6, 6.07) is 5.73. The Bertz CT molecular complexity index is 397. The van der Waals surface area contributed by atoms with Gasteiger partial charge in [-0.15, -0.1) is 0 Å². The molecule has 3 nitrogen and oxygen atoms in total. The highest BCUT2D eigenvalue weighted by Gasteiger charge is 2.26. The number of benzene rings is 1. The van der Waals surface area contributed by atoms with Crippen LogP contribution in [0.4, 0.5) is 0 Å². The molecule has 1 aromatic rings. The molecule has 3 heteroatoms. The van der Waals surface area contributed by atoms with E-state index in [0.717, 1.165) is 44.7 Å². The molecule has 0 atom stereocenters. The Labute approximate surface area is 109 Å². The third-order valence-corrected chi connectivity index (χ3v) is 3.80. The van der Waals surface area contributed by atoms with Gasteiger partial charge in [0, 0.05) is 31.9 Å². The Hall–Kier alpha value is -1.06. The molecule has 100 valence electrons. The van der Waals surface area contributed by atoms with Crippen molar-refractivity contribution in [3.63, 3.8) is 0 Å². The molecule has 0 saturated carbocycles. The fourth-order valence-corrected chi connectivity index (χ4v) is 2.40. The topological polar surface area (TPSA) is 41.5 Å². The Kier molecular flexibility index (Phi) is 4.25. The van der Waals surface area contributed by atoms with Crippen molar-refractivity contribution in [2.45, 2.75) is 33.2 Å². The van der Waals surface area contributed by atoms with Gasteiger partial charge in [0.05, 0.1) is 0 Å². The summed E-state index contributed by atoms with van der Waals surface area (Å²) in [5, 5.41) is 13.2. The second-order valence-corrected chi connectivity index (χ2v) is 5.66. The van der Waals surface area contributed by atoms with Crippen LogP contribution in [0, 0.1) is 12.3 Å². The predicted molar refractivity (Wildman–Crippen MR) is 72.7 cm³/mol. The average molecular weight is 249 g/mol. The highest BCUT2D eigenvalue weighted by molar-refractivity contribution is 5.35. The Morgan fingerprint density at radius 1 is 1.33 bits per heavy atom. The minimum absolute atomic E-state index is 0.331. The van der Waals surface area contributed by atoms with Gasteiger partial charge in [-0.1, -0.05) is 24.6 Å². The van der Waals surface area contributed by atoms with Crippen LogP contribution in [0.25, 0.3) is 0 Å². The molecule has 1 saturated heterocycles. The summed E-state index contributed by atoms with van der Waals surface area (Å²) in [4.78, 5) is 0. The van der Waals surface area contributed by atoms with Crippen LogP contribution in [0.15, 0.2) is 18.2 Å². The third kappa shape index (κ3) is 3.47.